The van der Waals surface area contributed by atoms with Crippen molar-refractivity contribution in [1.29, 1.82) is 0 Å². The molecule has 0 unspecified atom stereocenters. The normalized spacial score (nSPS) is 10.4. The third kappa shape index (κ3) is 7.02. The highest BCUT2D eigenvalue weighted by molar-refractivity contribution is 5.77. The number of hydrogen-bond donors (Lipinski definition) is 2. The Hall–Kier alpha value is -0.870. The third-order valence-corrected chi connectivity index (χ3v) is 0.995. The van der Waals surface area contributed by atoms with E-state index in [9.17, 15) is 4.79 Å². The van der Waals surface area contributed by atoms with Gasteiger partial charge in [0.25, 0.3) is 0 Å². The van der Waals surface area contributed by atoms with Crippen molar-refractivity contribution in [3.05, 3.63) is 12.2 Å². The Labute approximate surface area is 66.4 Å². The second-order valence-corrected chi connectivity index (χ2v) is 1.94. The van der Waals surface area contributed by atoms with Gasteiger partial charge in [-0.05, 0) is 0 Å². The summed E-state index contributed by atoms with van der Waals surface area (Å²) in [5.74, 6) is -0.117. The molecule has 0 aliphatic heterocycles. The fraction of sp³-hybridized carbons (Fsp3) is 0.571. The number of hydrogen-bond acceptors (Lipinski definition) is 3. The number of ether oxygens (including phenoxy) is 1. The second-order valence-electron chi connectivity index (χ2n) is 1.94. The van der Waals surface area contributed by atoms with Crippen LogP contribution in [0, 0.1) is 0 Å². The van der Waals surface area contributed by atoms with Crippen LogP contribution in [0.25, 0.3) is 0 Å². The Morgan fingerprint density at radius 2 is 2.36 bits per heavy atom. The molecule has 0 spiro atoms. The highest BCUT2D eigenvalue weighted by atomic mass is 16.5. The predicted octanol–water partition coefficient (Wildman–Crippen LogP) is -0.736. The lowest BCUT2D eigenvalue weighted by Crippen LogP contribution is -2.27. The number of methoxy groups -OCH3 is 1. The first kappa shape index (κ1) is 10.1. The molecule has 0 aliphatic carbocycles. The molecule has 3 N–H and O–H groups in total. The van der Waals surface area contributed by atoms with E-state index >= 15 is 0 Å². The minimum Gasteiger partial charge on any atom is -0.375 e. The smallest absolute Gasteiger partial charge is 0.246 e. The van der Waals surface area contributed by atoms with E-state index in [1.165, 1.54) is 7.11 Å². The van der Waals surface area contributed by atoms with Crippen molar-refractivity contribution < 1.29 is 9.53 Å². The van der Waals surface area contributed by atoms with E-state index in [4.69, 9.17) is 5.73 Å². The highest BCUT2D eigenvalue weighted by Crippen LogP contribution is 1.70. The molecule has 0 atom stereocenters. The summed E-state index contributed by atoms with van der Waals surface area (Å²) < 4.78 is 4.60. The first-order chi connectivity index (χ1) is 5.31. The lowest BCUT2D eigenvalue weighted by molar-refractivity contribution is -0.124. The van der Waals surface area contributed by atoms with Crippen molar-refractivity contribution in [3.63, 3.8) is 0 Å². The molecule has 0 aliphatic rings. The molecule has 0 fully saturated rings. The van der Waals surface area contributed by atoms with Crippen LogP contribution in [-0.2, 0) is 9.53 Å². The maximum Gasteiger partial charge on any atom is 0.246 e. The first-order valence-electron chi connectivity index (χ1n) is 3.42. The monoisotopic (exact) mass is 158 g/mol. The summed E-state index contributed by atoms with van der Waals surface area (Å²) >= 11 is 0. The van der Waals surface area contributed by atoms with Gasteiger partial charge in [0.05, 0.1) is 0 Å². The zero-order chi connectivity index (χ0) is 8.53. The van der Waals surface area contributed by atoms with E-state index in [-0.39, 0.29) is 12.5 Å². The summed E-state index contributed by atoms with van der Waals surface area (Å²) in [4.78, 5) is 10.7. The van der Waals surface area contributed by atoms with Gasteiger partial charge in [0.1, 0.15) is 6.61 Å². The van der Waals surface area contributed by atoms with E-state index in [2.05, 4.69) is 10.1 Å². The van der Waals surface area contributed by atoms with E-state index in [0.717, 1.165) is 0 Å². The van der Waals surface area contributed by atoms with Gasteiger partial charge in [-0.15, -0.1) is 0 Å². The lowest BCUT2D eigenvalue weighted by Gasteiger charge is -1.98. The Kier molecular flexibility index (Phi) is 6.67. The molecular formula is C7H14N2O2. The molecule has 0 radical (unpaired) electrons. The molecule has 4 nitrogen and oxygen atoms in total. The molecule has 0 heterocycles. The van der Waals surface area contributed by atoms with E-state index in [1.807, 2.05) is 0 Å². The number of carbonyl (C=O) groups excluding carboxylic acids is 1. The summed E-state index contributed by atoms with van der Waals surface area (Å²) in [7, 11) is 1.48. The van der Waals surface area contributed by atoms with Crippen LogP contribution in [0.1, 0.15) is 0 Å². The first-order valence-corrected chi connectivity index (χ1v) is 3.42. The maximum absolute atomic E-state index is 10.7. The quantitative estimate of drug-likeness (QED) is 0.518. The van der Waals surface area contributed by atoms with Gasteiger partial charge in [-0.25, -0.2) is 0 Å². The van der Waals surface area contributed by atoms with Crippen LogP contribution < -0.4 is 11.1 Å². The summed E-state index contributed by atoms with van der Waals surface area (Å²) in [6.07, 6.45) is 3.58. The van der Waals surface area contributed by atoms with E-state index in [0.29, 0.717) is 13.1 Å². The molecule has 0 aromatic carbocycles. The molecular weight excluding hydrogens is 144 g/mol. The van der Waals surface area contributed by atoms with Crippen LogP contribution in [0.15, 0.2) is 12.2 Å². The molecule has 0 saturated carbocycles. The van der Waals surface area contributed by atoms with Crippen LogP contribution in [0.3, 0.4) is 0 Å². The summed E-state index contributed by atoms with van der Waals surface area (Å²) in [5.41, 5.74) is 5.18. The minimum atomic E-state index is -0.117. The highest BCUT2D eigenvalue weighted by Gasteiger charge is 1.94. The summed E-state index contributed by atoms with van der Waals surface area (Å²) in [6, 6.07) is 0. The van der Waals surface area contributed by atoms with Crippen LogP contribution >= 0.6 is 0 Å². The zero-order valence-electron chi connectivity index (χ0n) is 6.67. The fourth-order valence-electron chi connectivity index (χ4n) is 0.534. The Morgan fingerprint density at radius 3 is 2.91 bits per heavy atom. The van der Waals surface area contributed by atoms with Gasteiger partial charge >= 0.3 is 0 Å². The molecule has 64 valence electrons. The van der Waals surface area contributed by atoms with Gasteiger partial charge in [0.2, 0.25) is 5.91 Å². The Bertz CT molecular complexity index is 134. The van der Waals surface area contributed by atoms with Crippen LogP contribution in [0.4, 0.5) is 0 Å². The van der Waals surface area contributed by atoms with Crippen molar-refractivity contribution >= 4 is 5.91 Å². The van der Waals surface area contributed by atoms with Crippen molar-refractivity contribution in [3.8, 4) is 0 Å². The largest absolute Gasteiger partial charge is 0.375 e. The maximum atomic E-state index is 10.7. The fourth-order valence-corrected chi connectivity index (χ4v) is 0.534. The topological polar surface area (TPSA) is 64.3 Å². The van der Waals surface area contributed by atoms with Gasteiger partial charge in [0.15, 0.2) is 0 Å². The Morgan fingerprint density at radius 1 is 1.64 bits per heavy atom. The molecule has 4 heteroatoms. The average molecular weight is 158 g/mol. The zero-order valence-corrected chi connectivity index (χ0v) is 6.67. The minimum absolute atomic E-state index is 0.108. The van der Waals surface area contributed by atoms with Crippen molar-refractivity contribution in [2.45, 2.75) is 0 Å². The second kappa shape index (κ2) is 7.24. The van der Waals surface area contributed by atoms with Crippen molar-refractivity contribution in [2.24, 2.45) is 5.73 Å². The molecule has 1 amide bonds. The van der Waals surface area contributed by atoms with Crippen LogP contribution in [0.2, 0.25) is 0 Å². The number of amides is 1. The van der Waals surface area contributed by atoms with Gasteiger partial charge in [-0.1, -0.05) is 12.2 Å². The Balaban J connectivity index is 3.24. The van der Waals surface area contributed by atoms with E-state index in [1.54, 1.807) is 12.2 Å². The summed E-state index contributed by atoms with van der Waals surface area (Å²) in [5, 5.41) is 2.61. The van der Waals surface area contributed by atoms with Gasteiger partial charge < -0.3 is 15.8 Å². The van der Waals surface area contributed by atoms with Crippen LogP contribution in [-0.4, -0.2) is 32.7 Å². The molecule has 11 heavy (non-hydrogen) atoms. The molecule has 0 saturated heterocycles. The number of nitrogens with one attached hydrogen (secondary N) is 1. The van der Waals surface area contributed by atoms with Crippen molar-refractivity contribution in [2.75, 3.05) is 26.8 Å². The standard InChI is InChI=1S/C7H14N2O2/c1-11-6-7(10)9-5-3-2-4-8/h2-3H,4-6,8H2,1H3,(H,9,10)/b3-2+. The van der Waals surface area contributed by atoms with Gasteiger partial charge in [-0.2, -0.15) is 0 Å². The molecule has 0 bridgehead atoms. The van der Waals surface area contributed by atoms with Crippen molar-refractivity contribution in [1.82, 2.24) is 5.32 Å². The van der Waals surface area contributed by atoms with Gasteiger partial charge in [0, 0.05) is 20.2 Å². The van der Waals surface area contributed by atoms with Gasteiger partial charge in [-0.3, -0.25) is 4.79 Å². The average Bonchev–Trinajstić information content (AvgIpc) is 1.99. The molecule has 0 aromatic heterocycles. The summed E-state index contributed by atoms with van der Waals surface area (Å²) in [6.45, 7) is 1.12. The predicted molar refractivity (Wildman–Crippen MR) is 43.1 cm³/mol. The number of nitrogens with two attached hydrogens (primary N) is 1. The van der Waals surface area contributed by atoms with E-state index < -0.39 is 0 Å². The molecule has 0 rings (SSSR count). The third-order valence-electron chi connectivity index (χ3n) is 0.995. The number of rotatable bonds is 5. The molecule has 0 aromatic rings. The lowest BCUT2D eigenvalue weighted by atomic mass is 10.5. The SMILES string of the molecule is COCC(=O)NC/C=C/CN. The van der Waals surface area contributed by atoms with Crippen LogP contribution in [0.5, 0.6) is 0 Å². The number of carbonyl (C=O) groups is 1.